The maximum atomic E-state index is 12.3. The monoisotopic (exact) mass is 307 g/mol. The largest absolute Gasteiger partial charge is 0.396 e. The van der Waals surface area contributed by atoms with Gasteiger partial charge in [-0.3, -0.25) is 9.48 Å². The summed E-state index contributed by atoms with van der Waals surface area (Å²) in [6.45, 7) is 4.21. The van der Waals surface area contributed by atoms with E-state index in [4.69, 9.17) is 0 Å². The predicted molar refractivity (Wildman–Crippen MR) is 86.6 cm³/mol. The molecular formula is C17H29N3O2. The Bertz CT molecular complexity index is 510. The van der Waals surface area contributed by atoms with Crippen molar-refractivity contribution in [2.24, 2.45) is 13.0 Å². The minimum atomic E-state index is 0.0907. The summed E-state index contributed by atoms with van der Waals surface area (Å²) in [5.74, 6) is 0.307. The molecule has 5 nitrogen and oxygen atoms in total. The van der Waals surface area contributed by atoms with Crippen LogP contribution in [-0.4, -0.2) is 33.4 Å². The van der Waals surface area contributed by atoms with Gasteiger partial charge in [-0.15, -0.1) is 0 Å². The number of amides is 1. The summed E-state index contributed by atoms with van der Waals surface area (Å²) in [6.07, 6.45) is 6.73. The van der Waals surface area contributed by atoms with E-state index < -0.39 is 0 Å². The molecule has 1 aromatic rings. The van der Waals surface area contributed by atoms with E-state index in [2.05, 4.69) is 10.4 Å². The Labute approximate surface area is 133 Å². The van der Waals surface area contributed by atoms with Crippen molar-refractivity contribution >= 4 is 5.91 Å². The average molecular weight is 307 g/mol. The molecule has 1 heterocycles. The summed E-state index contributed by atoms with van der Waals surface area (Å²) in [4.78, 5) is 12.3. The fourth-order valence-corrected chi connectivity index (χ4v) is 3.49. The number of aliphatic hydroxyl groups excluding tert-OH is 1. The van der Waals surface area contributed by atoms with Crippen LogP contribution in [0, 0.1) is 19.8 Å². The molecule has 2 rings (SSSR count). The summed E-state index contributed by atoms with van der Waals surface area (Å²) < 4.78 is 1.87. The summed E-state index contributed by atoms with van der Waals surface area (Å²) in [7, 11) is 1.93. The number of hydrogen-bond donors (Lipinski definition) is 2. The third kappa shape index (κ3) is 4.09. The van der Waals surface area contributed by atoms with Gasteiger partial charge in [0, 0.05) is 37.7 Å². The Morgan fingerprint density at radius 2 is 2.05 bits per heavy atom. The number of rotatable bonds is 5. The first kappa shape index (κ1) is 17.0. The summed E-state index contributed by atoms with van der Waals surface area (Å²) in [5.41, 5.74) is 3.32. The number of aliphatic hydroxyl groups is 1. The van der Waals surface area contributed by atoms with Gasteiger partial charge in [0.05, 0.1) is 5.69 Å². The quantitative estimate of drug-likeness (QED) is 0.818. The Morgan fingerprint density at radius 3 is 2.68 bits per heavy atom. The predicted octanol–water partition coefficient (Wildman–Crippen LogP) is 2.03. The van der Waals surface area contributed by atoms with Crippen LogP contribution in [-0.2, 0) is 18.3 Å². The summed E-state index contributed by atoms with van der Waals surface area (Å²) >= 11 is 0. The van der Waals surface area contributed by atoms with Crippen molar-refractivity contribution < 1.29 is 9.90 Å². The van der Waals surface area contributed by atoms with Gasteiger partial charge in [0.25, 0.3) is 0 Å². The normalized spacial score (nSPS) is 22.4. The Hall–Kier alpha value is -1.36. The van der Waals surface area contributed by atoms with Gasteiger partial charge in [-0.25, -0.2) is 0 Å². The van der Waals surface area contributed by atoms with E-state index in [9.17, 15) is 9.90 Å². The number of nitrogens with one attached hydrogen (secondary N) is 1. The molecule has 124 valence electrons. The van der Waals surface area contributed by atoms with Crippen LogP contribution in [0.15, 0.2) is 0 Å². The van der Waals surface area contributed by atoms with Gasteiger partial charge in [-0.1, -0.05) is 19.3 Å². The third-order valence-electron chi connectivity index (χ3n) is 5.00. The van der Waals surface area contributed by atoms with E-state index >= 15 is 0 Å². The molecule has 0 aliphatic heterocycles. The molecule has 0 aromatic carbocycles. The van der Waals surface area contributed by atoms with Gasteiger partial charge in [0.1, 0.15) is 0 Å². The SMILES string of the molecule is Cc1nn(C)c(C)c1CCC(=O)NC1CCCCCC1CO. The lowest BCUT2D eigenvalue weighted by molar-refractivity contribution is -0.122. The molecule has 2 atom stereocenters. The van der Waals surface area contributed by atoms with Gasteiger partial charge in [0.2, 0.25) is 5.91 Å². The summed E-state index contributed by atoms with van der Waals surface area (Å²) in [6, 6.07) is 0.135. The van der Waals surface area contributed by atoms with Crippen molar-refractivity contribution in [3.63, 3.8) is 0 Å². The molecule has 0 saturated heterocycles. The van der Waals surface area contributed by atoms with Crippen LogP contribution in [0.25, 0.3) is 0 Å². The number of hydrogen-bond acceptors (Lipinski definition) is 3. The Balaban J connectivity index is 1.89. The number of aryl methyl sites for hydroxylation is 2. The van der Waals surface area contributed by atoms with Crippen LogP contribution in [0.5, 0.6) is 0 Å². The molecule has 1 amide bonds. The lowest BCUT2D eigenvalue weighted by Crippen LogP contribution is -2.41. The first-order valence-corrected chi connectivity index (χ1v) is 8.42. The van der Waals surface area contributed by atoms with Gasteiger partial charge in [-0.2, -0.15) is 5.10 Å². The highest BCUT2D eigenvalue weighted by Gasteiger charge is 2.24. The van der Waals surface area contributed by atoms with Crippen molar-refractivity contribution in [1.82, 2.24) is 15.1 Å². The zero-order valence-electron chi connectivity index (χ0n) is 14.1. The van der Waals surface area contributed by atoms with Crippen LogP contribution in [0.1, 0.15) is 55.5 Å². The first-order chi connectivity index (χ1) is 10.5. The van der Waals surface area contributed by atoms with Gasteiger partial charge in [-0.05, 0) is 38.7 Å². The second-order valence-electron chi connectivity index (χ2n) is 6.53. The average Bonchev–Trinajstić information content (AvgIpc) is 2.67. The van der Waals surface area contributed by atoms with Crippen molar-refractivity contribution in [3.8, 4) is 0 Å². The van der Waals surface area contributed by atoms with E-state index in [1.54, 1.807) is 0 Å². The van der Waals surface area contributed by atoms with E-state index in [-0.39, 0.29) is 24.5 Å². The molecule has 2 unspecified atom stereocenters. The molecule has 1 fully saturated rings. The molecule has 1 aromatic heterocycles. The topological polar surface area (TPSA) is 67.2 Å². The van der Waals surface area contributed by atoms with Crippen LogP contribution < -0.4 is 5.32 Å². The standard InChI is InChI=1S/C17H29N3O2/c1-12-15(13(2)20(3)19-12)9-10-17(22)18-16-8-6-4-5-7-14(16)11-21/h14,16,21H,4-11H2,1-3H3,(H,18,22). The van der Waals surface area contributed by atoms with Crippen LogP contribution in [0.2, 0.25) is 0 Å². The molecule has 0 bridgehead atoms. The Kier molecular flexibility index (Phi) is 6.00. The van der Waals surface area contributed by atoms with Gasteiger partial charge >= 0.3 is 0 Å². The maximum Gasteiger partial charge on any atom is 0.220 e. The minimum absolute atomic E-state index is 0.0907. The van der Waals surface area contributed by atoms with E-state index in [1.807, 2.05) is 25.6 Å². The summed E-state index contributed by atoms with van der Waals surface area (Å²) in [5, 5.41) is 17.1. The second-order valence-corrected chi connectivity index (χ2v) is 6.53. The van der Waals surface area contributed by atoms with Gasteiger partial charge < -0.3 is 10.4 Å². The zero-order valence-corrected chi connectivity index (χ0v) is 14.1. The number of carbonyl (C=O) groups excluding carboxylic acids is 1. The molecule has 22 heavy (non-hydrogen) atoms. The van der Waals surface area contributed by atoms with Crippen molar-refractivity contribution in [2.45, 2.75) is 64.8 Å². The molecule has 1 saturated carbocycles. The van der Waals surface area contributed by atoms with Crippen LogP contribution in [0.4, 0.5) is 0 Å². The molecule has 0 radical (unpaired) electrons. The number of carbonyl (C=O) groups is 1. The molecule has 1 aliphatic rings. The highest BCUT2D eigenvalue weighted by atomic mass is 16.3. The van der Waals surface area contributed by atoms with E-state index in [0.29, 0.717) is 6.42 Å². The fraction of sp³-hybridized carbons (Fsp3) is 0.765. The highest BCUT2D eigenvalue weighted by Crippen LogP contribution is 2.23. The van der Waals surface area contributed by atoms with E-state index in [0.717, 1.165) is 43.5 Å². The zero-order chi connectivity index (χ0) is 16.1. The number of nitrogens with zero attached hydrogens (tertiary/aromatic N) is 2. The second kappa shape index (κ2) is 7.77. The maximum absolute atomic E-state index is 12.3. The molecular weight excluding hydrogens is 278 g/mol. The Morgan fingerprint density at radius 1 is 1.32 bits per heavy atom. The molecule has 0 spiro atoms. The third-order valence-corrected chi connectivity index (χ3v) is 5.00. The highest BCUT2D eigenvalue weighted by molar-refractivity contribution is 5.76. The minimum Gasteiger partial charge on any atom is -0.396 e. The molecule has 2 N–H and O–H groups in total. The molecule has 1 aliphatic carbocycles. The lowest BCUT2D eigenvalue weighted by Gasteiger charge is -2.24. The van der Waals surface area contributed by atoms with Crippen molar-refractivity contribution in [1.29, 1.82) is 0 Å². The van der Waals surface area contributed by atoms with Crippen molar-refractivity contribution in [2.75, 3.05) is 6.61 Å². The van der Waals surface area contributed by atoms with Crippen molar-refractivity contribution in [3.05, 3.63) is 17.0 Å². The van der Waals surface area contributed by atoms with Crippen LogP contribution >= 0.6 is 0 Å². The van der Waals surface area contributed by atoms with Gasteiger partial charge in [0.15, 0.2) is 0 Å². The fourth-order valence-electron chi connectivity index (χ4n) is 3.49. The smallest absolute Gasteiger partial charge is 0.220 e. The lowest BCUT2D eigenvalue weighted by atomic mass is 9.95. The first-order valence-electron chi connectivity index (χ1n) is 8.42. The van der Waals surface area contributed by atoms with E-state index in [1.165, 1.54) is 12.0 Å². The number of aromatic nitrogens is 2. The molecule has 5 heteroatoms. The van der Waals surface area contributed by atoms with Crippen LogP contribution in [0.3, 0.4) is 0 Å².